The maximum absolute atomic E-state index is 11.3. The molecule has 0 spiro atoms. The van der Waals surface area contributed by atoms with E-state index in [0.29, 0.717) is 38.7 Å². The fourth-order valence-electron chi connectivity index (χ4n) is 1.24. The van der Waals surface area contributed by atoms with Crippen molar-refractivity contribution in [3.05, 3.63) is 30.3 Å². The molecule has 6 nitrogen and oxygen atoms in total. The van der Waals surface area contributed by atoms with Crippen LogP contribution in [0.25, 0.3) is 0 Å². The zero-order valence-electron chi connectivity index (χ0n) is 10.7. The van der Waals surface area contributed by atoms with Gasteiger partial charge in [0.15, 0.2) is 0 Å². The molecule has 0 unspecified atom stereocenters. The SMILES string of the molecule is O=C(NCCOCCOCCO)Oc1ccccc1. The van der Waals surface area contributed by atoms with Crippen molar-refractivity contribution in [1.82, 2.24) is 5.32 Å². The van der Waals surface area contributed by atoms with Gasteiger partial charge in [-0.25, -0.2) is 4.79 Å². The van der Waals surface area contributed by atoms with Crippen LogP contribution in [-0.2, 0) is 9.47 Å². The topological polar surface area (TPSA) is 77.0 Å². The van der Waals surface area contributed by atoms with Crippen LogP contribution in [0.15, 0.2) is 30.3 Å². The average molecular weight is 269 g/mol. The minimum atomic E-state index is -0.508. The number of rotatable bonds is 9. The van der Waals surface area contributed by atoms with Crippen LogP contribution in [0.5, 0.6) is 5.75 Å². The number of aliphatic hydroxyl groups excluding tert-OH is 1. The van der Waals surface area contributed by atoms with Gasteiger partial charge in [0.1, 0.15) is 5.75 Å². The monoisotopic (exact) mass is 269 g/mol. The molecule has 1 aromatic carbocycles. The Kier molecular flexibility index (Phi) is 8.37. The molecule has 1 amide bonds. The summed E-state index contributed by atoms with van der Waals surface area (Å²) in [5, 5.41) is 11.0. The average Bonchev–Trinajstić information content (AvgIpc) is 2.43. The zero-order valence-corrected chi connectivity index (χ0v) is 10.7. The Labute approximate surface area is 112 Å². The van der Waals surface area contributed by atoms with Crippen LogP contribution in [-0.4, -0.2) is 50.8 Å². The number of para-hydroxylation sites is 1. The Balaban J connectivity index is 1.96. The van der Waals surface area contributed by atoms with Gasteiger partial charge in [0.2, 0.25) is 0 Å². The maximum Gasteiger partial charge on any atom is 0.412 e. The molecule has 0 aliphatic heterocycles. The normalized spacial score (nSPS) is 10.2. The van der Waals surface area contributed by atoms with E-state index in [1.807, 2.05) is 6.07 Å². The molecule has 0 aliphatic carbocycles. The van der Waals surface area contributed by atoms with Gasteiger partial charge in [0.05, 0.1) is 33.0 Å². The second-order valence-corrected chi connectivity index (χ2v) is 3.58. The number of hydrogen-bond acceptors (Lipinski definition) is 5. The molecule has 0 aromatic heterocycles. The lowest BCUT2D eigenvalue weighted by Gasteiger charge is -2.07. The van der Waals surface area contributed by atoms with E-state index in [0.717, 1.165) is 0 Å². The van der Waals surface area contributed by atoms with Crippen molar-refractivity contribution in [3.8, 4) is 5.75 Å². The first-order valence-electron chi connectivity index (χ1n) is 6.10. The van der Waals surface area contributed by atoms with Gasteiger partial charge < -0.3 is 24.6 Å². The van der Waals surface area contributed by atoms with Crippen LogP contribution >= 0.6 is 0 Å². The number of hydrogen-bond donors (Lipinski definition) is 2. The van der Waals surface area contributed by atoms with E-state index in [4.69, 9.17) is 19.3 Å². The summed E-state index contributed by atoms with van der Waals surface area (Å²) in [4.78, 5) is 11.3. The highest BCUT2D eigenvalue weighted by Gasteiger charge is 2.02. The van der Waals surface area contributed by atoms with Crippen molar-refractivity contribution >= 4 is 6.09 Å². The Morgan fingerprint density at radius 2 is 1.74 bits per heavy atom. The first kappa shape index (κ1) is 15.4. The highest BCUT2D eigenvalue weighted by atomic mass is 16.6. The van der Waals surface area contributed by atoms with E-state index in [2.05, 4.69) is 5.32 Å². The number of ether oxygens (including phenoxy) is 3. The van der Waals surface area contributed by atoms with E-state index in [9.17, 15) is 4.79 Å². The molecule has 0 heterocycles. The van der Waals surface area contributed by atoms with Crippen molar-refractivity contribution in [2.45, 2.75) is 0 Å². The van der Waals surface area contributed by atoms with Gasteiger partial charge in [-0.1, -0.05) is 18.2 Å². The minimum absolute atomic E-state index is 0.00683. The number of aliphatic hydroxyl groups is 1. The third-order valence-electron chi connectivity index (χ3n) is 2.08. The fourth-order valence-corrected chi connectivity index (χ4v) is 1.24. The number of amides is 1. The molecule has 0 aliphatic rings. The highest BCUT2D eigenvalue weighted by molar-refractivity contribution is 5.70. The molecule has 6 heteroatoms. The molecule has 0 bridgehead atoms. The molecular weight excluding hydrogens is 250 g/mol. The number of nitrogens with one attached hydrogen (secondary N) is 1. The Morgan fingerprint density at radius 3 is 2.42 bits per heavy atom. The van der Waals surface area contributed by atoms with Crippen LogP contribution in [0.4, 0.5) is 4.79 Å². The highest BCUT2D eigenvalue weighted by Crippen LogP contribution is 2.07. The van der Waals surface area contributed by atoms with E-state index in [1.165, 1.54) is 0 Å². The van der Waals surface area contributed by atoms with E-state index in [1.54, 1.807) is 24.3 Å². The molecule has 0 atom stereocenters. The van der Waals surface area contributed by atoms with Gasteiger partial charge in [-0.15, -0.1) is 0 Å². The van der Waals surface area contributed by atoms with Crippen molar-refractivity contribution in [2.24, 2.45) is 0 Å². The van der Waals surface area contributed by atoms with Crippen molar-refractivity contribution in [2.75, 3.05) is 39.6 Å². The molecule has 19 heavy (non-hydrogen) atoms. The summed E-state index contributed by atoms with van der Waals surface area (Å²) in [7, 11) is 0. The zero-order chi connectivity index (χ0) is 13.8. The summed E-state index contributed by atoms with van der Waals surface area (Å²) in [6.07, 6.45) is -0.508. The molecule has 106 valence electrons. The lowest BCUT2D eigenvalue weighted by atomic mass is 10.3. The lowest BCUT2D eigenvalue weighted by Crippen LogP contribution is -2.30. The van der Waals surface area contributed by atoms with E-state index < -0.39 is 6.09 Å². The Morgan fingerprint density at radius 1 is 1.05 bits per heavy atom. The van der Waals surface area contributed by atoms with Gasteiger partial charge in [-0.3, -0.25) is 0 Å². The summed E-state index contributed by atoms with van der Waals surface area (Å²) in [6, 6.07) is 8.83. The first-order valence-corrected chi connectivity index (χ1v) is 6.10. The van der Waals surface area contributed by atoms with Crippen molar-refractivity contribution in [1.29, 1.82) is 0 Å². The summed E-state index contributed by atoms with van der Waals surface area (Å²) >= 11 is 0. The molecule has 0 saturated heterocycles. The second kappa shape index (κ2) is 10.3. The second-order valence-electron chi connectivity index (χ2n) is 3.58. The molecule has 1 aromatic rings. The Hall–Kier alpha value is -1.63. The maximum atomic E-state index is 11.3. The number of benzene rings is 1. The fraction of sp³-hybridized carbons (Fsp3) is 0.462. The summed E-state index contributed by atoms with van der Waals surface area (Å²) in [5.74, 6) is 0.498. The van der Waals surface area contributed by atoms with Gasteiger partial charge in [0, 0.05) is 6.54 Å². The predicted octanol–water partition coefficient (Wildman–Crippen LogP) is 0.800. The van der Waals surface area contributed by atoms with Gasteiger partial charge in [0.25, 0.3) is 0 Å². The number of carbonyl (C=O) groups is 1. The summed E-state index contributed by atoms with van der Waals surface area (Å²) in [6.45, 7) is 1.92. The molecule has 0 saturated carbocycles. The van der Waals surface area contributed by atoms with E-state index in [-0.39, 0.29) is 6.61 Å². The summed E-state index contributed by atoms with van der Waals surface area (Å²) in [5.41, 5.74) is 0. The van der Waals surface area contributed by atoms with Crippen molar-refractivity contribution < 1.29 is 24.1 Å². The lowest BCUT2D eigenvalue weighted by molar-refractivity contribution is 0.0341. The number of carbonyl (C=O) groups excluding carboxylic acids is 1. The van der Waals surface area contributed by atoms with Crippen LogP contribution in [0, 0.1) is 0 Å². The third-order valence-corrected chi connectivity index (χ3v) is 2.08. The van der Waals surface area contributed by atoms with Crippen molar-refractivity contribution in [3.63, 3.8) is 0 Å². The largest absolute Gasteiger partial charge is 0.412 e. The van der Waals surface area contributed by atoms with Crippen LogP contribution in [0.3, 0.4) is 0 Å². The smallest absolute Gasteiger partial charge is 0.410 e. The Bertz CT molecular complexity index is 344. The molecular formula is C13H19NO5. The van der Waals surface area contributed by atoms with E-state index >= 15 is 0 Å². The van der Waals surface area contributed by atoms with Crippen LogP contribution in [0.1, 0.15) is 0 Å². The van der Waals surface area contributed by atoms with Gasteiger partial charge in [-0.2, -0.15) is 0 Å². The van der Waals surface area contributed by atoms with Crippen LogP contribution < -0.4 is 10.1 Å². The molecule has 0 radical (unpaired) electrons. The summed E-state index contributed by atoms with van der Waals surface area (Å²) < 4.78 is 15.2. The minimum Gasteiger partial charge on any atom is -0.410 e. The van der Waals surface area contributed by atoms with Crippen LogP contribution in [0.2, 0.25) is 0 Å². The quantitative estimate of drug-likeness (QED) is 0.648. The molecule has 1 rings (SSSR count). The molecule has 2 N–H and O–H groups in total. The third kappa shape index (κ3) is 8.15. The van der Waals surface area contributed by atoms with Gasteiger partial charge in [-0.05, 0) is 12.1 Å². The standard InChI is InChI=1S/C13H19NO5/c15-7-9-18-11-10-17-8-6-14-13(16)19-12-4-2-1-3-5-12/h1-5,15H,6-11H2,(H,14,16). The molecule has 0 fully saturated rings. The van der Waals surface area contributed by atoms with Gasteiger partial charge >= 0.3 is 6.09 Å². The predicted molar refractivity (Wildman–Crippen MR) is 69.2 cm³/mol. The first-order chi connectivity index (χ1) is 9.33.